The highest BCUT2D eigenvalue weighted by molar-refractivity contribution is 5.95. The predicted octanol–water partition coefficient (Wildman–Crippen LogP) is 4.37. The quantitative estimate of drug-likeness (QED) is 0.497. The number of imidazole rings is 1. The molecule has 0 spiro atoms. The maximum absolute atomic E-state index is 12.8. The van der Waals surface area contributed by atoms with Crippen LogP contribution in [0.1, 0.15) is 21.6 Å². The number of aromatic amines is 1. The van der Waals surface area contributed by atoms with Crippen molar-refractivity contribution in [2.24, 2.45) is 12.0 Å². The van der Waals surface area contributed by atoms with Crippen molar-refractivity contribution in [1.29, 1.82) is 0 Å². The molecule has 1 aromatic heterocycles. The molecule has 1 amide bonds. The Morgan fingerprint density at radius 1 is 0.875 bits per heavy atom. The lowest BCUT2D eigenvalue weighted by Gasteiger charge is -2.08. The second-order valence-corrected chi connectivity index (χ2v) is 7.37. The normalized spacial score (nSPS) is 11.4. The predicted molar refractivity (Wildman–Crippen MR) is 124 cm³/mol. The first-order valence-electron chi connectivity index (χ1n) is 10.3. The van der Waals surface area contributed by atoms with Crippen molar-refractivity contribution in [2.45, 2.75) is 6.42 Å². The van der Waals surface area contributed by atoms with Gasteiger partial charge in [0.25, 0.3) is 5.91 Å². The van der Waals surface area contributed by atoms with Crippen LogP contribution in [-0.2, 0) is 13.5 Å². The minimum absolute atomic E-state index is 0.322. The number of nitrogens with zero attached hydrogens (tertiary/aromatic N) is 2. The molecule has 4 aromatic rings. The number of carbonyl (C=O) groups is 1. The number of rotatable bonds is 6. The van der Waals surface area contributed by atoms with Crippen molar-refractivity contribution in [3.63, 3.8) is 0 Å². The zero-order valence-corrected chi connectivity index (χ0v) is 18.3. The zero-order chi connectivity index (χ0) is 22.5. The van der Waals surface area contributed by atoms with Gasteiger partial charge in [-0.15, -0.1) is 0 Å². The summed E-state index contributed by atoms with van der Waals surface area (Å²) in [6.07, 6.45) is 0.696. The molecule has 6 heteroatoms. The highest BCUT2D eigenvalue weighted by atomic mass is 16.5. The number of amides is 1. The summed E-state index contributed by atoms with van der Waals surface area (Å²) in [5.74, 6) is 1.16. The topological polar surface area (TPSA) is 68.6 Å². The standard InChI is InChI=1S/C26H25N3O3/c1-29-23(17-18-7-5-4-6-8-18)24(19-9-13-21(31-2)14-10-19)27-26(29)28-25(30)20-11-15-22(32-3)16-12-20/h4-16H,17H2,1-3H3,(H,27,28,30). The van der Waals surface area contributed by atoms with Gasteiger partial charge in [-0.25, -0.2) is 0 Å². The van der Waals surface area contributed by atoms with Crippen LogP contribution in [0.15, 0.2) is 83.9 Å². The number of hydrogen-bond donors (Lipinski definition) is 1. The van der Waals surface area contributed by atoms with Gasteiger partial charge in [-0.1, -0.05) is 30.3 Å². The van der Waals surface area contributed by atoms with Crippen LogP contribution in [0.2, 0.25) is 0 Å². The van der Waals surface area contributed by atoms with E-state index in [1.807, 2.05) is 54.1 Å². The Kier molecular flexibility index (Phi) is 6.22. The van der Waals surface area contributed by atoms with Crippen LogP contribution in [0, 0.1) is 0 Å². The number of benzene rings is 3. The van der Waals surface area contributed by atoms with Crippen LogP contribution in [0.5, 0.6) is 11.5 Å². The van der Waals surface area contributed by atoms with Gasteiger partial charge in [0.1, 0.15) is 11.5 Å². The molecular weight excluding hydrogens is 402 g/mol. The summed E-state index contributed by atoms with van der Waals surface area (Å²) in [4.78, 5) is 20.5. The lowest BCUT2D eigenvalue weighted by Crippen LogP contribution is -2.19. The molecule has 0 unspecified atom stereocenters. The number of ether oxygens (including phenoxy) is 2. The Hall–Kier alpha value is -4.06. The van der Waals surface area contributed by atoms with E-state index in [4.69, 9.17) is 9.47 Å². The largest absolute Gasteiger partial charge is 0.497 e. The number of methoxy groups -OCH3 is 2. The van der Waals surface area contributed by atoms with Gasteiger partial charge in [-0.2, -0.15) is 4.99 Å². The molecule has 4 rings (SSSR count). The van der Waals surface area contributed by atoms with Crippen LogP contribution in [-0.4, -0.2) is 29.7 Å². The van der Waals surface area contributed by atoms with Crippen LogP contribution in [0.25, 0.3) is 11.3 Å². The smallest absolute Gasteiger partial charge is 0.280 e. The maximum Gasteiger partial charge on any atom is 0.280 e. The molecule has 1 heterocycles. The summed E-state index contributed by atoms with van der Waals surface area (Å²) in [7, 11) is 5.16. The SMILES string of the molecule is COc1ccc(C(=O)/N=c2\[nH]c(-c3ccc(OC)cc3)c(Cc3ccccc3)n2C)cc1. The highest BCUT2D eigenvalue weighted by Gasteiger charge is 2.15. The van der Waals surface area contributed by atoms with E-state index in [-0.39, 0.29) is 5.91 Å². The summed E-state index contributed by atoms with van der Waals surface area (Å²) in [6.45, 7) is 0. The van der Waals surface area contributed by atoms with Crippen LogP contribution >= 0.6 is 0 Å². The maximum atomic E-state index is 12.8. The van der Waals surface area contributed by atoms with Crippen LogP contribution < -0.4 is 15.1 Å². The molecule has 0 aliphatic carbocycles. The van der Waals surface area contributed by atoms with Gasteiger partial charge in [0, 0.05) is 30.3 Å². The molecule has 0 aliphatic rings. The van der Waals surface area contributed by atoms with E-state index in [1.165, 1.54) is 5.56 Å². The van der Waals surface area contributed by atoms with E-state index in [0.29, 0.717) is 23.4 Å². The fourth-order valence-corrected chi connectivity index (χ4v) is 3.55. The van der Waals surface area contributed by atoms with Crippen molar-refractivity contribution in [1.82, 2.24) is 9.55 Å². The molecule has 0 aliphatic heterocycles. The van der Waals surface area contributed by atoms with Gasteiger partial charge in [0.05, 0.1) is 19.9 Å². The number of aromatic nitrogens is 2. The van der Waals surface area contributed by atoms with Crippen molar-refractivity contribution in [2.75, 3.05) is 14.2 Å². The van der Waals surface area contributed by atoms with Gasteiger partial charge in [0.15, 0.2) is 0 Å². The molecule has 0 saturated carbocycles. The van der Waals surface area contributed by atoms with E-state index in [9.17, 15) is 4.79 Å². The summed E-state index contributed by atoms with van der Waals surface area (Å²) in [5, 5.41) is 0. The minimum atomic E-state index is -0.322. The molecular formula is C26H25N3O3. The van der Waals surface area contributed by atoms with E-state index in [1.54, 1.807) is 38.5 Å². The first-order valence-corrected chi connectivity index (χ1v) is 10.3. The molecule has 0 radical (unpaired) electrons. The van der Waals surface area contributed by atoms with E-state index in [0.717, 1.165) is 22.7 Å². The lowest BCUT2D eigenvalue weighted by atomic mass is 10.0. The number of H-pyrrole nitrogens is 1. The summed E-state index contributed by atoms with van der Waals surface area (Å²) >= 11 is 0. The van der Waals surface area contributed by atoms with Gasteiger partial charge < -0.3 is 19.0 Å². The van der Waals surface area contributed by atoms with Gasteiger partial charge in [-0.05, 0) is 54.1 Å². The molecule has 0 saturated heterocycles. The van der Waals surface area contributed by atoms with E-state index < -0.39 is 0 Å². The first kappa shape index (κ1) is 21.2. The number of nitrogens with one attached hydrogen (secondary N) is 1. The average molecular weight is 428 g/mol. The Labute approximate surface area is 186 Å². The molecule has 0 fully saturated rings. The summed E-state index contributed by atoms with van der Waals surface area (Å²) < 4.78 is 12.4. The van der Waals surface area contributed by atoms with Crippen LogP contribution in [0.4, 0.5) is 0 Å². The molecule has 0 bridgehead atoms. The van der Waals surface area contributed by atoms with Crippen molar-refractivity contribution < 1.29 is 14.3 Å². The molecule has 3 aromatic carbocycles. The monoisotopic (exact) mass is 427 g/mol. The third-order valence-electron chi connectivity index (χ3n) is 5.39. The van der Waals surface area contributed by atoms with Crippen molar-refractivity contribution in [3.8, 4) is 22.8 Å². The Balaban J connectivity index is 1.78. The van der Waals surface area contributed by atoms with Gasteiger partial charge in [0.2, 0.25) is 5.62 Å². The highest BCUT2D eigenvalue weighted by Crippen LogP contribution is 2.25. The molecule has 6 nitrogen and oxygen atoms in total. The first-order chi connectivity index (χ1) is 15.6. The Morgan fingerprint density at radius 2 is 1.47 bits per heavy atom. The second kappa shape index (κ2) is 9.39. The van der Waals surface area contributed by atoms with Crippen LogP contribution in [0.3, 0.4) is 0 Å². The zero-order valence-electron chi connectivity index (χ0n) is 18.3. The third-order valence-corrected chi connectivity index (χ3v) is 5.39. The second-order valence-electron chi connectivity index (χ2n) is 7.37. The molecule has 0 atom stereocenters. The molecule has 32 heavy (non-hydrogen) atoms. The lowest BCUT2D eigenvalue weighted by molar-refractivity contribution is 0.0996. The summed E-state index contributed by atoms with van der Waals surface area (Å²) in [6, 6.07) is 25.0. The van der Waals surface area contributed by atoms with E-state index >= 15 is 0 Å². The van der Waals surface area contributed by atoms with Crippen molar-refractivity contribution >= 4 is 5.91 Å². The number of carbonyl (C=O) groups excluding carboxylic acids is 1. The summed E-state index contributed by atoms with van der Waals surface area (Å²) in [5.41, 5.74) is 5.09. The third kappa shape index (κ3) is 4.49. The Morgan fingerprint density at radius 3 is 2.06 bits per heavy atom. The minimum Gasteiger partial charge on any atom is -0.497 e. The molecule has 162 valence electrons. The fraction of sp³-hybridized carbons (Fsp3) is 0.154. The number of hydrogen-bond acceptors (Lipinski definition) is 3. The van der Waals surface area contributed by atoms with E-state index in [2.05, 4.69) is 22.1 Å². The van der Waals surface area contributed by atoms with Gasteiger partial charge in [-0.3, -0.25) is 4.79 Å². The van der Waals surface area contributed by atoms with Gasteiger partial charge >= 0.3 is 0 Å². The molecule has 1 N–H and O–H groups in total. The average Bonchev–Trinajstić information content (AvgIpc) is 3.14. The Bertz CT molecular complexity index is 1270. The van der Waals surface area contributed by atoms with Crippen molar-refractivity contribution in [3.05, 3.63) is 101 Å². The fourth-order valence-electron chi connectivity index (χ4n) is 3.55.